The van der Waals surface area contributed by atoms with Crippen LogP contribution < -0.4 is 4.74 Å². The third-order valence-electron chi connectivity index (χ3n) is 2.24. The summed E-state index contributed by atoms with van der Waals surface area (Å²) in [6, 6.07) is 1.27. The van der Waals surface area contributed by atoms with Crippen LogP contribution in [-0.4, -0.2) is 18.2 Å². The summed E-state index contributed by atoms with van der Waals surface area (Å²) in [4.78, 5) is 10.5. The summed E-state index contributed by atoms with van der Waals surface area (Å²) in [7, 11) is 1.45. The second-order valence-corrected chi connectivity index (χ2v) is 3.77. The number of halogens is 2. The maximum atomic E-state index is 13.3. The van der Waals surface area contributed by atoms with Gasteiger partial charge in [-0.05, 0) is 25.0 Å². The third kappa shape index (κ3) is 2.64. The predicted molar refractivity (Wildman–Crippen MR) is 58.7 cm³/mol. The van der Waals surface area contributed by atoms with Crippen LogP contribution in [0.1, 0.15) is 17.5 Å². The van der Waals surface area contributed by atoms with E-state index in [4.69, 9.17) is 21.4 Å². The number of hydrogen-bond donors (Lipinski definition) is 1. The highest BCUT2D eigenvalue weighted by atomic mass is 35.5. The molecule has 0 aliphatic rings. The van der Waals surface area contributed by atoms with Crippen LogP contribution in [0.15, 0.2) is 6.07 Å². The molecule has 0 fully saturated rings. The number of aryl methyl sites for hydroxylation is 1. The minimum Gasteiger partial charge on any atom is -0.496 e. The Labute approximate surface area is 97.8 Å². The largest absolute Gasteiger partial charge is 0.496 e. The molecule has 0 radical (unpaired) electrons. The van der Waals surface area contributed by atoms with Gasteiger partial charge in [0.1, 0.15) is 11.6 Å². The fraction of sp³-hybridized carbons (Fsp3) is 0.364. The van der Waals surface area contributed by atoms with E-state index in [0.717, 1.165) is 0 Å². The lowest BCUT2D eigenvalue weighted by molar-refractivity contribution is -0.136. The normalized spacial score (nSPS) is 10.2. The average Bonchev–Trinajstić information content (AvgIpc) is 2.20. The first-order valence-corrected chi connectivity index (χ1v) is 5.08. The molecule has 0 heterocycles. The molecule has 1 aromatic rings. The van der Waals surface area contributed by atoms with E-state index in [2.05, 4.69) is 0 Å². The van der Waals surface area contributed by atoms with E-state index in [1.54, 1.807) is 6.92 Å². The molecule has 3 nitrogen and oxygen atoms in total. The molecule has 0 saturated carbocycles. The number of carbonyl (C=O) groups is 1. The molecule has 0 unspecified atom stereocenters. The van der Waals surface area contributed by atoms with Crippen molar-refractivity contribution in [2.24, 2.45) is 0 Å². The average molecular weight is 247 g/mol. The van der Waals surface area contributed by atoms with Gasteiger partial charge in [0, 0.05) is 12.0 Å². The molecule has 0 spiro atoms. The topological polar surface area (TPSA) is 46.5 Å². The van der Waals surface area contributed by atoms with Crippen molar-refractivity contribution < 1.29 is 19.0 Å². The van der Waals surface area contributed by atoms with Crippen LogP contribution in [0, 0.1) is 12.7 Å². The number of benzene rings is 1. The first-order valence-electron chi connectivity index (χ1n) is 4.70. The Bertz CT molecular complexity index is 418. The van der Waals surface area contributed by atoms with E-state index in [1.165, 1.54) is 13.2 Å². The van der Waals surface area contributed by atoms with Gasteiger partial charge in [-0.2, -0.15) is 0 Å². The monoisotopic (exact) mass is 246 g/mol. The summed E-state index contributed by atoms with van der Waals surface area (Å²) in [6.07, 6.45) is 0.0366. The second-order valence-electron chi connectivity index (χ2n) is 3.39. The molecule has 0 saturated heterocycles. The van der Waals surface area contributed by atoms with Crippen LogP contribution in [0.25, 0.3) is 0 Å². The Morgan fingerprint density at radius 2 is 2.25 bits per heavy atom. The van der Waals surface area contributed by atoms with Crippen LogP contribution >= 0.6 is 11.6 Å². The van der Waals surface area contributed by atoms with Crippen molar-refractivity contribution in [3.05, 3.63) is 28.0 Å². The van der Waals surface area contributed by atoms with Gasteiger partial charge in [0.15, 0.2) is 0 Å². The van der Waals surface area contributed by atoms with Crippen molar-refractivity contribution in [2.75, 3.05) is 7.11 Å². The Kier molecular flexibility index (Phi) is 4.12. The molecule has 1 rings (SSSR count). The van der Waals surface area contributed by atoms with Gasteiger partial charge in [-0.25, -0.2) is 4.39 Å². The van der Waals surface area contributed by atoms with Gasteiger partial charge in [-0.3, -0.25) is 4.79 Å². The van der Waals surface area contributed by atoms with E-state index in [0.29, 0.717) is 16.9 Å². The van der Waals surface area contributed by atoms with E-state index < -0.39 is 11.8 Å². The van der Waals surface area contributed by atoms with Gasteiger partial charge in [-0.15, -0.1) is 0 Å². The van der Waals surface area contributed by atoms with Crippen molar-refractivity contribution in [3.8, 4) is 5.75 Å². The maximum Gasteiger partial charge on any atom is 0.303 e. The Morgan fingerprint density at radius 1 is 1.62 bits per heavy atom. The maximum absolute atomic E-state index is 13.3. The van der Waals surface area contributed by atoms with E-state index in [9.17, 15) is 9.18 Å². The molecule has 1 aromatic carbocycles. The van der Waals surface area contributed by atoms with Crippen molar-refractivity contribution in [2.45, 2.75) is 19.8 Å². The summed E-state index contributed by atoms with van der Waals surface area (Å²) in [5, 5.41) is 8.52. The quantitative estimate of drug-likeness (QED) is 0.889. The van der Waals surface area contributed by atoms with Crippen LogP contribution in [0.2, 0.25) is 5.02 Å². The van der Waals surface area contributed by atoms with Crippen molar-refractivity contribution in [1.29, 1.82) is 0 Å². The molecule has 0 aliphatic carbocycles. The molecule has 0 bridgehead atoms. The molecule has 5 heteroatoms. The highest BCUT2D eigenvalue weighted by molar-refractivity contribution is 6.31. The standard InChI is InChI=1S/C11H12ClFO3/c1-6-5-8(13)10(12)7(11(6)16-2)3-4-9(14)15/h5H,3-4H2,1-2H3,(H,14,15). The fourth-order valence-electron chi connectivity index (χ4n) is 1.54. The van der Waals surface area contributed by atoms with Gasteiger partial charge in [-0.1, -0.05) is 11.6 Å². The zero-order chi connectivity index (χ0) is 12.3. The number of hydrogen-bond acceptors (Lipinski definition) is 2. The molecule has 0 aromatic heterocycles. The van der Waals surface area contributed by atoms with Gasteiger partial charge in [0.05, 0.1) is 12.1 Å². The Morgan fingerprint density at radius 3 is 2.75 bits per heavy atom. The van der Waals surface area contributed by atoms with Gasteiger partial charge in [0.25, 0.3) is 0 Å². The van der Waals surface area contributed by atoms with Gasteiger partial charge in [0.2, 0.25) is 0 Å². The number of carboxylic acid groups (broad SMARTS) is 1. The molecule has 88 valence electrons. The zero-order valence-corrected chi connectivity index (χ0v) is 9.77. The van der Waals surface area contributed by atoms with Crippen LogP contribution in [0.3, 0.4) is 0 Å². The highest BCUT2D eigenvalue weighted by Gasteiger charge is 2.16. The third-order valence-corrected chi connectivity index (χ3v) is 2.65. The van der Waals surface area contributed by atoms with Gasteiger partial charge >= 0.3 is 5.97 Å². The zero-order valence-electron chi connectivity index (χ0n) is 9.01. The number of rotatable bonds is 4. The highest BCUT2D eigenvalue weighted by Crippen LogP contribution is 2.33. The summed E-state index contributed by atoms with van der Waals surface area (Å²) in [5.41, 5.74) is 1.01. The molecule has 0 amide bonds. The minimum atomic E-state index is -0.958. The summed E-state index contributed by atoms with van der Waals surface area (Å²) < 4.78 is 18.4. The number of methoxy groups -OCH3 is 1. The van der Waals surface area contributed by atoms with Crippen LogP contribution in [0.4, 0.5) is 4.39 Å². The summed E-state index contributed by atoms with van der Waals surface area (Å²) >= 11 is 5.78. The van der Waals surface area contributed by atoms with E-state index in [1.807, 2.05) is 0 Å². The number of aliphatic carboxylic acids is 1. The molecular formula is C11H12ClFO3. The number of ether oxygens (including phenoxy) is 1. The summed E-state index contributed by atoms with van der Waals surface area (Å²) in [5.74, 6) is -1.06. The van der Waals surface area contributed by atoms with Crippen LogP contribution in [0.5, 0.6) is 5.75 Å². The first kappa shape index (κ1) is 12.8. The van der Waals surface area contributed by atoms with Crippen molar-refractivity contribution in [1.82, 2.24) is 0 Å². The number of carboxylic acids is 1. The SMILES string of the molecule is COc1c(C)cc(F)c(Cl)c1CCC(=O)O. The van der Waals surface area contributed by atoms with E-state index in [-0.39, 0.29) is 17.9 Å². The van der Waals surface area contributed by atoms with Crippen LogP contribution in [-0.2, 0) is 11.2 Å². The Hall–Kier alpha value is -1.29. The molecular weight excluding hydrogens is 235 g/mol. The first-order chi connectivity index (χ1) is 7.47. The lowest BCUT2D eigenvalue weighted by Crippen LogP contribution is -2.03. The molecule has 1 N–H and O–H groups in total. The minimum absolute atomic E-state index is 0.0660. The van der Waals surface area contributed by atoms with Gasteiger partial charge < -0.3 is 9.84 Å². The predicted octanol–water partition coefficient (Wildman–Crippen LogP) is 2.81. The second kappa shape index (κ2) is 5.16. The molecule has 0 atom stereocenters. The van der Waals surface area contributed by atoms with Crippen molar-refractivity contribution >= 4 is 17.6 Å². The smallest absolute Gasteiger partial charge is 0.303 e. The lowest BCUT2D eigenvalue weighted by atomic mass is 10.0. The molecule has 0 aliphatic heterocycles. The molecule has 16 heavy (non-hydrogen) atoms. The lowest BCUT2D eigenvalue weighted by Gasteiger charge is -2.13. The van der Waals surface area contributed by atoms with E-state index >= 15 is 0 Å². The Balaban J connectivity index is 3.17. The fourth-order valence-corrected chi connectivity index (χ4v) is 1.78. The van der Waals surface area contributed by atoms with Crippen molar-refractivity contribution in [3.63, 3.8) is 0 Å². The summed E-state index contributed by atoms with van der Waals surface area (Å²) in [6.45, 7) is 1.68.